The lowest BCUT2D eigenvalue weighted by Gasteiger charge is -2.13. The highest BCUT2D eigenvalue weighted by atomic mass is 35.5. The number of rotatable bonds is 3. The quantitative estimate of drug-likeness (QED) is 0.675. The Kier molecular flexibility index (Phi) is 4.65. The van der Waals surface area contributed by atoms with Gasteiger partial charge in [-0.05, 0) is 31.2 Å². The van der Waals surface area contributed by atoms with Gasteiger partial charge >= 0.3 is 0 Å². The fraction of sp³-hybridized carbons (Fsp3) is 0.167. The Morgan fingerprint density at radius 2 is 2.08 bits per heavy atom. The third-order valence-corrected chi connectivity index (χ3v) is 5.97. The van der Waals surface area contributed by atoms with E-state index in [0.29, 0.717) is 32.8 Å². The average molecular weight is 405 g/mol. The van der Waals surface area contributed by atoms with Crippen LogP contribution in [0.15, 0.2) is 36.5 Å². The predicted molar refractivity (Wildman–Crippen MR) is 106 cm³/mol. The van der Waals surface area contributed by atoms with Crippen LogP contribution < -0.4 is 5.32 Å². The van der Waals surface area contributed by atoms with E-state index in [4.69, 9.17) is 23.2 Å². The third-order valence-electron chi connectivity index (χ3n) is 4.19. The lowest BCUT2D eigenvalue weighted by Crippen LogP contribution is -2.17. The number of hydrogen-bond donors (Lipinski definition) is 1. The number of pyridine rings is 1. The van der Waals surface area contributed by atoms with Gasteiger partial charge in [-0.2, -0.15) is 16.9 Å². The Morgan fingerprint density at radius 3 is 2.88 bits per heavy atom. The van der Waals surface area contributed by atoms with Gasteiger partial charge in [-0.3, -0.25) is 9.78 Å². The van der Waals surface area contributed by atoms with Crippen molar-refractivity contribution in [3.8, 4) is 5.69 Å². The maximum absolute atomic E-state index is 12.8. The van der Waals surface area contributed by atoms with Gasteiger partial charge in [0.05, 0.1) is 27.0 Å². The molecule has 3 heterocycles. The number of aryl methyl sites for hydroxylation is 1. The number of nitrogens with one attached hydrogen (secondary N) is 1. The molecule has 1 amide bonds. The summed E-state index contributed by atoms with van der Waals surface area (Å²) >= 11 is 14.3. The van der Waals surface area contributed by atoms with Crippen molar-refractivity contribution in [1.29, 1.82) is 0 Å². The molecule has 26 heavy (non-hydrogen) atoms. The Labute approximate surface area is 164 Å². The molecule has 0 fully saturated rings. The number of benzene rings is 1. The molecule has 0 saturated heterocycles. The molecule has 0 aliphatic carbocycles. The molecule has 0 unspecified atom stereocenters. The zero-order valence-corrected chi connectivity index (χ0v) is 16.1. The van der Waals surface area contributed by atoms with Crippen molar-refractivity contribution in [1.82, 2.24) is 14.8 Å². The first kappa shape index (κ1) is 17.4. The second-order valence-electron chi connectivity index (χ2n) is 5.84. The first-order chi connectivity index (χ1) is 12.6. The van der Waals surface area contributed by atoms with Crippen molar-refractivity contribution in [3.63, 3.8) is 0 Å². The van der Waals surface area contributed by atoms with E-state index in [0.717, 1.165) is 22.8 Å². The topological polar surface area (TPSA) is 59.8 Å². The van der Waals surface area contributed by atoms with Crippen molar-refractivity contribution in [2.24, 2.45) is 0 Å². The molecule has 5 nitrogen and oxygen atoms in total. The van der Waals surface area contributed by atoms with Crippen molar-refractivity contribution >= 4 is 46.7 Å². The predicted octanol–water partition coefficient (Wildman–Crippen LogP) is 4.88. The van der Waals surface area contributed by atoms with E-state index in [9.17, 15) is 4.79 Å². The molecule has 1 aromatic carbocycles. The van der Waals surface area contributed by atoms with Crippen molar-refractivity contribution in [2.45, 2.75) is 18.4 Å². The van der Waals surface area contributed by atoms with Crippen LogP contribution in [-0.4, -0.2) is 20.7 Å². The van der Waals surface area contributed by atoms with Crippen LogP contribution in [0, 0.1) is 6.92 Å². The molecule has 132 valence electrons. The Bertz CT molecular complexity index is 1020. The van der Waals surface area contributed by atoms with Gasteiger partial charge in [0.2, 0.25) is 0 Å². The molecule has 0 atom stereocenters. The Morgan fingerprint density at radius 1 is 1.23 bits per heavy atom. The van der Waals surface area contributed by atoms with Gasteiger partial charge in [-0.15, -0.1) is 0 Å². The zero-order chi connectivity index (χ0) is 18.3. The highest BCUT2D eigenvalue weighted by Gasteiger charge is 2.26. The smallest absolute Gasteiger partial charge is 0.258 e. The summed E-state index contributed by atoms with van der Waals surface area (Å²) < 4.78 is 1.67. The van der Waals surface area contributed by atoms with Crippen molar-refractivity contribution in [2.75, 3.05) is 5.32 Å². The van der Waals surface area contributed by atoms with Gasteiger partial charge in [0.15, 0.2) is 0 Å². The summed E-state index contributed by atoms with van der Waals surface area (Å²) in [5.74, 6) is 1.99. The second kappa shape index (κ2) is 6.95. The van der Waals surface area contributed by atoms with Crippen LogP contribution in [0.3, 0.4) is 0 Å². The summed E-state index contributed by atoms with van der Waals surface area (Å²) in [6.45, 7) is 1.81. The zero-order valence-electron chi connectivity index (χ0n) is 13.8. The lowest BCUT2D eigenvalue weighted by atomic mass is 10.2. The number of nitrogens with zero attached hydrogens (tertiary/aromatic N) is 3. The number of carbonyl (C=O) groups is 1. The number of fused-ring (bicyclic) bond motifs is 1. The molecule has 0 bridgehead atoms. The maximum atomic E-state index is 12.8. The second-order valence-corrected chi connectivity index (χ2v) is 7.61. The van der Waals surface area contributed by atoms with Gasteiger partial charge in [0, 0.05) is 29.0 Å². The number of halogens is 2. The number of amides is 1. The number of anilines is 1. The molecule has 1 aliphatic rings. The van der Waals surface area contributed by atoms with Crippen LogP contribution in [0.1, 0.15) is 27.3 Å². The van der Waals surface area contributed by atoms with E-state index in [1.807, 2.05) is 12.1 Å². The van der Waals surface area contributed by atoms with E-state index >= 15 is 0 Å². The minimum Gasteiger partial charge on any atom is -0.306 e. The summed E-state index contributed by atoms with van der Waals surface area (Å²) in [5.41, 5.74) is 3.79. The van der Waals surface area contributed by atoms with Crippen LogP contribution in [0.5, 0.6) is 0 Å². The summed E-state index contributed by atoms with van der Waals surface area (Å²) in [4.78, 5) is 17.0. The first-order valence-corrected chi connectivity index (χ1v) is 9.83. The SMILES string of the molecule is Cc1ncccc1C(=O)Nc1c2c(nn1-c1cccc(Cl)c1Cl)CSC2. The van der Waals surface area contributed by atoms with Gasteiger partial charge in [-0.1, -0.05) is 29.3 Å². The Hall–Kier alpha value is -2.02. The molecule has 0 spiro atoms. The summed E-state index contributed by atoms with van der Waals surface area (Å²) in [6, 6.07) is 8.85. The molecule has 1 N–H and O–H groups in total. The van der Waals surface area contributed by atoms with Gasteiger partial charge in [-0.25, -0.2) is 4.68 Å². The van der Waals surface area contributed by atoms with Crippen LogP contribution in [-0.2, 0) is 11.5 Å². The third kappa shape index (κ3) is 2.98. The molecular formula is C18H14Cl2N4OS. The van der Waals surface area contributed by atoms with Gasteiger partial charge in [0.25, 0.3) is 5.91 Å². The van der Waals surface area contributed by atoms with E-state index in [1.165, 1.54) is 0 Å². The molecule has 4 rings (SSSR count). The number of carbonyl (C=O) groups excluding carboxylic acids is 1. The molecule has 0 saturated carbocycles. The molecule has 0 radical (unpaired) electrons. The summed E-state index contributed by atoms with van der Waals surface area (Å²) in [6.07, 6.45) is 1.66. The average Bonchev–Trinajstić information content (AvgIpc) is 3.20. The van der Waals surface area contributed by atoms with E-state index < -0.39 is 0 Å². The van der Waals surface area contributed by atoms with E-state index in [1.54, 1.807) is 47.8 Å². The van der Waals surface area contributed by atoms with E-state index in [-0.39, 0.29) is 5.91 Å². The van der Waals surface area contributed by atoms with Crippen LogP contribution >= 0.6 is 35.0 Å². The highest BCUT2D eigenvalue weighted by Crippen LogP contribution is 2.38. The maximum Gasteiger partial charge on any atom is 0.258 e. The van der Waals surface area contributed by atoms with Crippen LogP contribution in [0.25, 0.3) is 5.69 Å². The van der Waals surface area contributed by atoms with E-state index in [2.05, 4.69) is 15.4 Å². The van der Waals surface area contributed by atoms with Gasteiger partial charge in [0.1, 0.15) is 5.82 Å². The fourth-order valence-corrected chi connectivity index (χ4v) is 4.28. The molecule has 2 aromatic heterocycles. The molecular weight excluding hydrogens is 391 g/mol. The highest BCUT2D eigenvalue weighted by molar-refractivity contribution is 7.98. The minimum absolute atomic E-state index is 0.227. The van der Waals surface area contributed by atoms with Gasteiger partial charge < -0.3 is 5.32 Å². The number of hydrogen-bond acceptors (Lipinski definition) is 4. The Balaban J connectivity index is 1.80. The summed E-state index contributed by atoms with van der Waals surface area (Å²) in [5, 5.41) is 8.49. The largest absolute Gasteiger partial charge is 0.306 e. The summed E-state index contributed by atoms with van der Waals surface area (Å²) in [7, 11) is 0. The molecule has 1 aliphatic heterocycles. The standard InChI is InChI=1S/C18H14Cl2N4OS/c1-10-11(4-3-7-21-10)18(25)22-17-12-8-26-9-14(12)23-24(17)15-6-2-5-13(19)16(15)20/h2-7H,8-9H2,1H3,(H,22,25). The van der Waals surface area contributed by atoms with Crippen LogP contribution in [0.2, 0.25) is 10.0 Å². The number of thioether (sulfide) groups is 1. The normalized spacial score (nSPS) is 12.9. The lowest BCUT2D eigenvalue weighted by molar-refractivity contribution is 0.102. The molecule has 8 heteroatoms. The van der Waals surface area contributed by atoms with Crippen LogP contribution in [0.4, 0.5) is 5.82 Å². The monoisotopic (exact) mass is 404 g/mol. The number of aromatic nitrogens is 3. The van der Waals surface area contributed by atoms with Crippen molar-refractivity contribution < 1.29 is 4.79 Å². The fourth-order valence-electron chi connectivity index (χ4n) is 2.87. The van der Waals surface area contributed by atoms with Crippen molar-refractivity contribution in [3.05, 3.63) is 69.1 Å². The first-order valence-electron chi connectivity index (χ1n) is 7.92. The molecule has 3 aromatic rings. The minimum atomic E-state index is -0.227.